The van der Waals surface area contributed by atoms with E-state index in [1.54, 1.807) is 13.4 Å². The Labute approximate surface area is 130 Å². The van der Waals surface area contributed by atoms with Crippen molar-refractivity contribution in [2.75, 3.05) is 12.4 Å². The summed E-state index contributed by atoms with van der Waals surface area (Å²) < 4.78 is 7.28. The number of nitrogens with one attached hydrogen (secondary N) is 1. The van der Waals surface area contributed by atoms with Gasteiger partial charge >= 0.3 is 0 Å². The molecule has 0 saturated carbocycles. The van der Waals surface area contributed by atoms with E-state index in [9.17, 15) is 0 Å². The fraction of sp³-hybridized carbons (Fsp3) is 0.467. The highest BCUT2D eigenvalue weighted by Gasteiger charge is 2.10. The first-order chi connectivity index (χ1) is 10.0. The third-order valence-corrected chi connectivity index (χ3v) is 3.56. The molecule has 0 fully saturated rings. The van der Waals surface area contributed by atoms with E-state index in [0.29, 0.717) is 17.5 Å². The summed E-state index contributed by atoms with van der Waals surface area (Å²) >= 11 is 6.11. The van der Waals surface area contributed by atoms with Gasteiger partial charge in [0.1, 0.15) is 17.9 Å². The van der Waals surface area contributed by atoms with Crippen LogP contribution in [0.3, 0.4) is 0 Å². The predicted molar refractivity (Wildman–Crippen MR) is 84.9 cm³/mol. The summed E-state index contributed by atoms with van der Waals surface area (Å²) in [5.41, 5.74) is 1.90. The van der Waals surface area contributed by atoms with Gasteiger partial charge in [0.15, 0.2) is 0 Å². The summed E-state index contributed by atoms with van der Waals surface area (Å²) in [4.78, 5) is 4.30. The highest BCUT2D eigenvalue weighted by atomic mass is 35.5. The molecule has 1 aromatic heterocycles. The SMILES string of the molecule is COc1cc(Cl)c(C)cc1NCc1ncnn1CC(C)C. The number of methoxy groups -OCH3 is 1. The van der Waals surface area contributed by atoms with E-state index in [0.717, 1.165) is 29.4 Å². The lowest BCUT2D eigenvalue weighted by Gasteiger charge is -2.14. The Bertz CT molecular complexity index is 610. The molecule has 1 N–H and O–H groups in total. The zero-order valence-corrected chi connectivity index (χ0v) is 13.6. The fourth-order valence-corrected chi connectivity index (χ4v) is 2.22. The average Bonchev–Trinajstić information content (AvgIpc) is 2.86. The predicted octanol–water partition coefficient (Wildman–Crippen LogP) is 3.52. The van der Waals surface area contributed by atoms with Crippen molar-refractivity contribution in [3.05, 3.63) is 34.9 Å². The van der Waals surface area contributed by atoms with Gasteiger partial charge in [-0.1, -0.05) is 25.4 Å². The van der Waals surface area contributed by atoms with Crippen LogP contribution >= 0.6 is 11.6 Å². The van der Waals surface area contributed by atoms with Crippen molar-refractivity contribution in [2.24, 2.45) is 5.92 Å². The largest absolute Gasteiger partial charge is 0.495 e. The topological polar surface area (TPSA) is 52.0 Å². The Morgan fingerprint density at radius 1 is 1.38 bits per heavy atom. The summed E-state index contributed by atoms with van der Waals surface area (Å²) in [7, 11) is 1.63. The van der Waals surface area contributed by atoms with Gasteiger partial charge in [0.25, 0.3) is 0 Å². The van der Waals surface area contributed by atoms with Crippen molar-refractivity contribution in [3.63, 3.8) is 0 Å². The Hall–Kier alpha value is -1.75. The molecule has 0 saturated heterocycles. The molecule has 21 heavy (non-hydrogen) atoms. The van der Waals surface area contributed by atoms with Crippen molar-refractivity contribution in [1.82, 2.24) is 14.8 Å². The van der Waals surface area contributed by atoms with E-state index in [2.05, 4.69) is 29.2 Å². The number of nitrogens with zero attached hydrogens (tertiary/aromatic N) is 3. The number of hydrogen-bond donors (Lipinski definition) is 1. The minimum absolute atomic E-state index is 0.526. The van der Waals surface area contributed by atoms with Gasteiger partial charge in [-0.3, -0.25) is 0 Å². The monoisotopic (exact) mass is 308 g/mol. The third-order valence-electron chi connectivity index (χ3n) is 3.15. The Morgan fingerprint density at radius 3 is 2.81 bits per heavy atom. The minimum Gasteiger partial charge on any atom is -0.495 e. The number of aryl methyl sites for hydroxylation is 1. The molecule has 0 bridgehead atoms. The summed E-state index contributed by atoms with van der Waals surface area (Å²) in [5.74, 6) is 2.15. The number of rotatable bonds is 6. The summed E-state index contributed by atoms with van der Waals surface area (Å²) in [6, 6.07) is 3.79. The molecule has 0 aliphatic carbocycles. The molecule has 1 heterocycles. The van der Waals surface area contributed by atoms with Crippen LogP contribution in [-0.4, -0.2) is 21.9 Å². The van der Waals surface area contributed by atoms with Gasteiger partial charge in [-0.25, -0.2) is 9.67 Å². The second-order valence-electron chi connectivity index (χ2n) is 5.41. The van der Waals surface area contributed by atoms with Crippen molar-refractivity contribution >= 4 is 17.3 Å². The van der Waals surface area contributed by atoms with Crippen LogP contribution in [0.1, 0.15) is 25.2 Å². The molecule has 0 atom stereocenters. The van der Waals surface area contributed by atoms with Crippen LogP contribution in [0.5, 0.6) is 5.75 Å². The van der Waals surface area contributed by atoms with Crippen molar-refractivity contribution in [2.45, 2.75) is 33.9 Å². The van der Waals surface area contributed by atoms with Crippen LogP contribution in [0.25, 0.3) is 0 Å². The van der Waals surface area contributed by atoms with E-state index in [1.807, 2.05) is 23.7 Å². The molecule has 1 aromatic carbocycles. The molecule has 6 heteroatoms. The van der Waals surface area contributed by atoms with Crippen LogP contribution in [0.15, 0.2) is 18.5 Å². The number of anilines is 1. The fourth-order valence-electron chi connectivity index (χ4n) is 2.07. The van der Waals surface area contributed by atoms with Gasteiger partial charge in [-0.05, 0) is 24.5 Å². The second kappa shape index (κ2) is 6.80. The molecule has 2 rings (SSSR count). The molecule has 0 aliphatic rings. The highest BCUT2D eigenvalue weighted by molar-refractivity contribution is 6.31. The standard InChI is InChI=1S/C15H21ClN4O/c1-10(2)8-20-15(18-9-19-20)7-17-13-5-11(3)12(16)6-14(13)21-4/h5-6,9-10,17H,7-8H2,1-4H3. The normalized spacial score (nSPS) is 11.0. The first-order valence-corrected chi connectivity index (χ1v) is 7.33. The first-order valence-electron chi connectivity index (χ1n) is 6.96. The maximum absolute atomic E-state index is 6.11. The Kier molecular flexibility index (Phi) is 5.07. The van der Waals surface area contributed by atoms with Crippen LogP contribution in [-0.2, 0) is 13.1 Å². The molecule has 0 aliphatic heterocycles. The molecule has 0 spiro atoms. The van der Waals surface area contributed by atoms with Gasteiger partial charge in [0, 0.05) is 17.6 Å². The molecule has 114 valence electrons. The molecule has 5 nitrogen and oxygen atoms in total. The van der Waals surface area contributed by atoms with E-state index in [4.69, 9.17) is 16.3 Å². The van der Waals surface area contributed by atoms with Crippen LogP contribution in [0.4, 0.5) is 5.69 Å². The molecular formula is C15H21ClN4O. The highest BCUT2D eigenvalue weighted by Crippen LogP contribution is 2.31. The summed E-state index contributed by atoms with van der Waals surface area (Å²) in [5, 5.41) is 8.29. The zero-order chi connectivity index (χ0) is 15.4. The molecule has 0 amide bonds. The number of aromatic nitrogens is 3. The number of halogens is 1. The maximum atomic E-state index is 6.11. The van der Waals surface area contributed by atoms with Crippen LogP contribution in [0.2, 0.25) is 5.02 Å². The smallest absolute Gasteiger partial charge is 0.146 e. The van der Waals surface area contributed by atoms with Gasteiger partial charge in [0.05, 0.1) is 19.3 Å². The number of hydrogen-bond acceptors (Lipinski definition) is 4. The van der Waals surface area contributed by atoms with Gasteiger partial charge in [-0.15, -0.1) is 0 Å². The lowest BCUT2D eigenvalue weighted by molar-refractivity contribution is 0.416. The lowest BCUT2D eigenvalue weighted by Crippen LogP contribution is -2.13. The van der Waals surface area contributed by atoms with Crippen molar-refractivity contribution < 1.29 is 4.74 Å². The molecular weight excluding hydrogens is 288 g/mol. The van der Waals surface area contributed by atoms with Crippen LogP contribution < -0.4 is 10.1 Å². The van der Waals surface area contributed by atoms with E-state index < -0.39 is 0 Å². The quantitative estimate of drug-likeness (QED) is 0.887. The second-order valence-corrected chi connectivity index (χ2v) is 5.81. The summed E-state index contributed by atoms with van der Waals surface area (Å²) in [6.07, 6.45) is 1.59. The number of benzene rings is 1. The summed E-state index contributed by atoms with van der Waals surface area (Å²) in [6.45, 7) is 7.72. The maximum Gasteiger partial charge on any atom is 0.146 e. The Morgan fingerprint density at radius 2 is 2.14 bits per heavy atom. The van der Waals surface area contributed by atoms with Crippen molar-refractivity contribution in [1.29, 1.82) is 0 Å². The molecule has 0 radical (unpaired) electrons. The lowest BCUT2D eigenvalue weighted by atomic mass is 10.2. The molecule has 2 aromatic rings. The first kappa shape index (κ1) is 15.6. The van der Waals surface area contributed by atoms with E-state index in [-0.39, 0.29) is 0 Å². The van der Waals surface area contributed by atoms with Crippen molar-refractivity contribution in [3.8, 4) is 5.75 Å². The number of ether oxygens (including phenoxy) is 1. The zero-order valence-electron chi connectivity index (χ0n) is 12.9. The van der Waals surface area contributed by atoms with Gasteiger partial charge in [-0.2, -0.15) is 5.10 Å². The average molecular weight is 309 g/mol. The Balaban J connectivity index is 2.13. The molecule has 0 unspecified atom stereocenters. The minimum atomic E-state index is 0.526. The van der Waals surface area contributed by atoms with E-state index >= 15 is 0 Å². The third kappa shape index (κ3) is 3.88. The van der Waals surface area contributed by atoms with Crippen LogP contribution in [0, 0.1) is 12.8 Å². The van der Waals surface area contributed by atoms with Gasteiger partial charge < -0.3 is 10.1 Å². The van der Waals surface area contributed by atoms with Gasteiger partial charge in [0.2, 0.25) is 0 Å². The van der Waals surface area contributed by atoms with E-state index in [1.165, 1.54) is 0 Å².